The highest BCUT2D eigenvalue weighted by molar-refractivity contribution is 7.93. The second-order valence-corrected chi connectivity index (χ2v) is 9.66. The van der Waals surface area contributed by atoms with Crippen LogP contribution >= 0.6 is 0 Å². The maximum atomic E-state index is 13.8. The van der Waals surface area contributed by atoms with Crippen LogP contribution in [-0.2, 0) is 16.6 Å². The summed E-state index contributed by atoms with van der Waals surface area (Å²) in [4.78, 5) is 2.67. The van der Waals surface area contributed by atoms with Crippen LogP contribution < -0.4 is 4.31 Å². The van der Waals surface area contributed by atoms with Crippen molar-refractivity contribution in [2.24, 2.45) is 0 Å². The Kier molecular flexibility index (Phi) is 4.35. The lowest BCUT2D eigenvalue weighted by Crippen LogP contribution is -2.47. The molecule has 2 aromatic rings. The van der Waals surface area contributed by atoms with E-state index in [-0.39, 0.29) is 12.0 Å². The minimum atomic E-state index is -3.67. The summed E-state index contributed by atoms with van der Waals surface area (Å²) in [6, 6.07) is 6.14. The van der Waals surface area contributed by atoms with E-state index in [4.69, 9.17) is 0 Å². The smallest absolute Gasteiger partial charge is 0.268 e. The minimum Gasteiger partial charge on any atom is -0.306 e. The van der Waals surface area contributed by atoms with Gasteiger partial charge in [0, 0.05) is 19.0 Å². The Bertz CT molecular complexity index is 996. The molecule has 7 heteroatoms. The lowest BCUT2D eigenvalue weighted by Gasteiger charge is -2.36. The highest BCUT2D eigenvalue weighted by atomic mass is 32.2. The van der Waals surface area contributed by atoms with Crippen molar-refractivity contribution in [3.8, 4) is 0 Å². The Hall–Kier alpha value is -1.86. The normalized spacial score (nSPS) is 22.8. The fraction of sp³-hybridized carbons (Fsp3) is 0.550. The van der Waals surface area contributed by atoms with E-state index in [9.17, 15) is 8.42 Å². The van der Waals surface area contributed by atoms with E-state index in [2.05, 4.69) is 30.0 Å². The van der Waals surface area contributed by atoms with Crippen molar-refractivity contribution >= 4 is 15.7 Å². The predicted octanol–water partition coefficient (Wildman–Crippen LogP) is 2.82. The second kappa shape index (κ2) is 6.34. The summed E-state index contributed by atoms with van der Waals surface area (Å²) in [7, 11) is -1.56. The van der Waals surface area contributed by atoms with Crippen molar-refractivity contribution in [3.63, 3.8) is 0 Å². The molecule has 0 amide bonds. The van der Waals surface area contributed by atoms with Crippen molar-refractivity contribution in [2.75, 3.05) is 24.4 Å². The molecule has 6 nitrogen and oxygen atoms in total. The molecule has 3 heterocycles. The number of rotatable bonds is 3. The van der Waals surface area contributed by atoms with Crippen molar-refractivity contribution < 1.29 is 8.42 Å². The van der Waals surface area contributed by atoms with E-state index in [1.165, 1.54) is 5.56 Å². The van der Waals surface area contributed by atoms with Gasteiger partial charge in [-0.05, 0) is 59.3 Å². The van der Waals surface area contributed by atoms with Crippen molar-refractivity contribution in [2.45, 2.75) is 57.5 Å². The molecular formula is C20H28N4O2S. The highest BCUT2D eigenvalue weighted by Crippen LogP contribution is 2.47. The fourth-order valence-corrected chi connectivity index (χ4v) is 6.93. The summed E-state index contributed by atoms with van der Waals surface area (Å²) >= 11 is 0. The molecule has 0 saturated carbocycles. The largest absolute Gasteiger partial charge is 0.306 e. The van der Waals surface area contributed by atoms with Crippen LogP contribution in [0.3, 0.4) is 0 Å². The third kappa shape index (κ3) is 2.70. The van der Waals surface area contributed by atoms with E-state index in [0.29, 0.717) is 17.1 Å². The summed E-state index contributed by atoms with van der Waals surface area (Å²) in [6.07, 6.45) is 0.841. The molecule has 1 aromatic carbocycles. The first-order valence-corrected chi connectivity index (χ1v) is 11.1. The van der Waals surface area contributed by atoms with Gasteiger partial charge in [0.1, 0.15) is 4.90 Å². The number of hydrogen-bond donors (Lipinski definition) is 0. The van der Waals surface area contributed by atoms with E-state index >= 15 is 0 Å². The molecule has 1 aromatic heterocycles. The number of fused-ring (bicyclic) bond motifs is 3. The van der Waals surface area contributed by atoms with Crippen LogP contribution in [0, 0.1) is 20.8 Å². The van der Waals surface area contributed by atoms with Crippen molar-refractivity contribution in [1.29, 1.82) is 0 Å². The number of aryl methyl sites for hydroxylation is 3. The van der Waals surface area contributed by atoms with Gasteiger partial charge in [-0.15, -0.1) is 0 Å². The van der Waals surface area contributed by atoms with Gasteiger partial charge in [0.05, 0.1) is 23.1 Å². The molecule has 146 valence electrons. The van der Waals surface area contributed by atoms with E-state index in [1.54, 1.807) is 15.9 Å². The van der Waals surface area contributed by atoms with Gasteiger partial charge in [-0.1, -0.05) is 17.7 Å². The zero-order chi connectivity index (χ0) is 19.5. The first kappa shape index (κ1) is 18.5. The van der Waals surface area contributed by atoms with Crippen LogP contribution in [0.5, 0.6) is 0 Å². The van der Waals surface area contributed by atoms with Crippen LogP contribution in [0.25, 0.3) is 0 Å². The number of likely N-dealkylation sites (N-methyl/N-ethyl adjacent to an activating group) is 1. The lowest BCUT2D eigenvalue weighted by atomic mass is 9.89. The maximum Gasteiger partial charge on any atom is 0.268 e. The van der Waals surface area contributed by atoms with Crippen molar-refractivity contribution in [1.82, 2.24) is 14.7 Å². The van der Waals surface area contributed by atoms with Crippen LogP contribution in [0.4, 0.5) is 5.69 Å². The van der Waals surface area contributed by atoms with Crippen LogP contribution in [0.15, 0.2) is 23.1 Å². The molecule has 2 aliphatic heterocycles. The molecule has 2 aliphatic rings. The predicted molar refractivity (Wildman–Crippen MR) is 107 cm³/mol. The first-order chi connectivity index (χ1) is 12.8. The molecule has 2 atom stereocenters. The molecule has 0 bridgehead atoms. The average molecular weight is 389 g/mol. The summed E-state index contributed by atoms with van der Waals surface area (Å²) < 4.78 is 31.2. The fourth-order valence-electron chi connectivity index (χ4n) is 4.81. The first-order valence-electron chi connectivity index (χ1n) is 9.63. The molecule has 27 heavy (non-hydrogen) atoms. The third-order valence-corrected chi connectivity index (χ3v) is 8.12. The molecule has 0 radical (unpaired) electrons. The zero-order valence-electron chi connectivity index (χ0n) is 16.7. The van der Waals surface area contributed by atoms with Gasteiger partial charge >= 0.3 is 0 Å². The molecule has 0 N–H and O–H groups in total. The average Bonchev–Trinajstić information content (AvgIpc) is 3.08. The number of hydrogen-bond acceptors (Lipinski definition) is 4. The molecule has 1 saturated heterocycles. The van der Waals surface area contributed by atoms with Gasteiger partial charge in [-0.25, -0.2) is 8.42 Å². The lowest BCUT2D eigenvalue weighted by molar-refractivity contribution is 0.237. The van der Waals surface area contributed by atoms with Crippen LogP contribution in [-0.4, -0.2) is 49.3 Å². The number of piperidine rings is 1. The Labute approximate surface area is 161 Å². The highest BCUT2D eigenvalue weighted by Gasteiger charge is 2.47. The van der Waals surface area contributed by atoms with Crippen LogP contribution in [0.2, 0.25) is 0 Å². The monoisotopic (exact) mass is 388 g/mol. The Morgan fingerprint density at radius 1 is 1.22 bits per heavy atom. The molecular weight excluding hydrogens is 360 g/mol. The van der Waals surface area contributed by atoms with Gasteiger partial charge in [0.15, 0.2) is 0 Å². The number of benzene rings is 1. The van der Waals surface area contributed by atoms with Gasteiger partial charge < -0.3 is 4.90 Å². The Balaban J connectivity index is 1.89. The number of nitrogens with zero attached hydrogens (tertiary/aromatic N) is 4. The number of sulfonamides is 1. The van der Waals surface area contributed by atoms with Gasteiger partial charge in [0.25, 0.3) is 10.0 Å². The molecule has 4 rings (SSSR count). The summed E-state index contributed by atoms with van der Waals surface area (Å²) in [5.41, 5.74) is 4.48. The topological polar surface area (TPSA) is 58.4 Å². The van der Waals surface area contributed by atoms with E-state index < -0.39 is 10.0 Å². The quantitative estimate of drug-likeness (QED) is 0.811. The molecule has 0 aliphatic carbocycles. The third-order valence-electron chi connectivity index (χ3n) is 6.03. The van der Waals surface area contributed by atoms with E-state index in [0.717, 1.165) is 36.5 Å². The zero-order valence-corrected chi connectivity index (χ0v) is 17.5. The van der Waals surface area contributed by atoms with Gasteiger partial charge in [0.2, 0.25) is 0 Å². The molecule has 0 unspecified atom stereocenters. The van der Waals surface area contributed by atoms with Gasteiger partial charge in [-0.3, -0.25) is 8.99 Å². The maximum absolute atomic E-state index is 13.8. The number of aromatic nitrogens is 2. The minimum absolute atomic E-state index is 0.0215. The molecule has 0 spiro atoms. The summed E-state index contributed by atoms with van der Waals surface area (Å²) in [5, 5.41) is 4.46. The Morgan fingerprint density at radius 2 is 1.96 bits per heavy atom. The van der Waals surface area contributed by atoms with Gasteiger partial charge in [-0.2, -0.15) is 5.10 Å². The van der Waals surface area contributed by atoms with Crippen molar-refractivity contribution in [3.05, 3.63) is 40.7 Å². The SMILES string of the molecule is CCn1nc(C)c(S(=O)(=O)N2c3ccc(C)cc3[C@H]3CN(C)CC[C@H]32)c1C. The number of likely N-dealkylation sites (tertiary alicyclic amines) is 1. The second-order valence-electron chi connectivity index (χ2n) is 7.90. The number of anilines is 1. The molecule has 1 fully saturated rings. The van der Waals surface area contributed by atoms with E-state index in [1.807, 2.05) is 26.0 Å². The summed E-state index contributed by atoms with van der Waals surface area (Å²) in [6.45, 7) is 10.2. The summed E-state index contributed by atoms with van der Waals surface area (Å²) in [5.74, 6) is 0.218. The van der Waals surface area contributed by atoms with Crippen LogP contribution in [0.1, 0.15) is 41.8 Å². The standard InChI is InChI=1S/C20H28N4O2S/c1-6-23-15(4)20(14(3)21-23)27(25,26)24-18-8-7-13(2)11-16(18)17-12-22(5)10-9-19(17)24/h7-8,11,17,19H,6,9-10,12H2,1-5H3/t17-,19-/m1/s1. The Morgan fingerprint density at radius 3 is 2.63 bits per heavy atom.